The fraction of sp³-hybridized carbons (Fsp3) is 0.250. The zero-order chi connectivity index (χ0) is 10.2. The number of aliphatic hydroxyl groups excluding tert-OH is 1. The summed E-state index contributed by atoms with van der Waals surface area (Å²) in [6, 6.07) is 9.92. The molecule has 0 bridgehead atoms. The Morgan fingerprint density at radius 2 is 2.14 bits per heavy atom. The minimum atomic E-state index is 0.164. The van der Waals surface area contributed by atoms with Gasteiger partial charge in [0.1, 0.15) is 0 Å². The minimum absolute atomic E-state index is 0.164. The quantitative estimate of drug-likeness (QED) is 0.784. The molecule has 0 aromatic heterocycles. The van der Waals surface area contributed by atoms with E-state index in [4.69, 9.17) is 10.4 Å². The van der Waals surface area contributed by atoms with E-state index in [1.807, 2.05) is 36.4 Å². The van der Waals surface area contributed by atoms with Gasteiger partial charge in [-0.15, -0.1) is 0 Å². The normalized spacial score (nSPS) is 10.3. The maximum absolute atomic E-state index is 8.61. The SMILES string of the molecule is N#CCc1ccccc1C=CCCO. The molecular weight excluding hydrogens is 174 g/mol. The van der Waals surface area contributed by atoms with Crippen LogP contribution in [0.25, 0.3) is 6.08 Å². The van der Waals surface area contributed by atoms with E-state index >= 15 is 0 Å². The summed E-state index contributed by atoms with van der Waals surface area (Å²) in [4.78, 5) is 0. The summed E-state index contributed by atoms with van der Waals surface area (Å²) in [5.41, 5.74) is 2.09. The Morgan fingerprint density at radius 1 is 1.36 bits per heavy atom. The van der Waals surface area contributed by atoms with Crippen LogP contribution < -0.4 is 0 Å². The zero-order valence-corrected chi connectivity index (χ0v) is 7.98. The van der Waals surface area contributed by atoms with Gasteiger partial charge in [-0.05, 0) is 17.5 Å². The minimum Gasteiger partial charge on any atom is -0.396 e. The maximum atomic E-state index is 8.61. The molecule has 1 N–H and O–H groups in total. The van der Waals surface area contributed by atoms with Crippen LogP contribution in [0.2, 0.25) is 0 Å². The second-order valence-corrected chi connectivity index (χ2v) is 2.95. The smallest absolute Gasteiger partial charge is 0.0669 e. The third kappa shape index (κ3) is 3.04. The van der Waals surface area contributed by atoms with E-state index in [0.717, 1.165) is 11.1 Å². The van der Waals surface area contributed by atoms with Crippen LogP contribution in [0, 0.1) is 11.3 Å². The Labute approximate surface area is 84.1 Å². The maximum Gasteiger partial charge on any atom is 0.0669 e. The zero-order valence-electron chi connectivity index (χ0n) is 7.98. The summed E-state index contributed by atoms with van der Waals surface area (Å²) in [7, 11) is 0. The van der Waals surface area contributed by atoms with E-state index in [9.17, 15) is 0 Å². The van der Waals surface area contributed by atoms with Crippen LogP contribution in [0.3, 0.4) is 0 Å². The van der Waals surface area contributed by atoms with Gasteiger partial charge in [0.05, 0.1) is 12.5 Å². The van der Waals surface area contributed by atoms with Crippen molar-refractivity contribution in [2.24, 2.45) is 0 Å². The molecule has 72 valence electrons. The lowest BCUT2D eigenvalue weighted by Crippen LogP contribution is -1.86. The topological polar surface area (TPSA) is 44.0 Å². The van der Waals surface area contributed by atoms with E-state index in [0.29, 0.717) is 12.8 Å². The highest BCUT2D eigenvalue weighted by molar-refractivity contribution is 5.54. The molecule has 0 amide bonds. The number of rotatable bonds is 4. The number of hydrogen-bond donors (Lipinski definition) is 1. The van der Waals surface area contributed by atoms with Crippen molar-refractivity contribution in [2.45, 2.75) is 12.8 Å². The van der Waals surface area contributed by atoms with Crippen LogP contribution in [0.4, 0.5) is 0 Å². The molecule has 0 saturated carbocycles. The van der Waals surface area contributed by atoms with Gasteiger partial charge in [0.15, 0.2) is 0 Å². The summed E-state index contributed by atoms with van der Waals surface area (Å²) in [5, 5.41) is 17.2. The van der Waals surface area contributed by atoms with Gasteiger partial charge < -0.3 is 5.11 Å². The highest BCUT2D eigenvalue weighted by Gasteiger charge is 1.96. The molecule has 0 saturated heterocycles. The Kier molecular flexibility index (Phi) is 4.46. The molecule has 2 heteroatoms. The molecule has 0 heterocycles. The predicted octanol–water partition coefficient (Wildman–Crippen LogP) is 2.15. The summed E-state index contributed by atoms with van der Waals surface area (Å²) in [5.74, 6) is 0. The molecule has 0 atom stereocenters. The van der Waals surface area contributed by atoms with Gasteiger partial charge in [-0.1, -0.05) is 36.4 Å². The summed E-state index contributed by atoms with van der Waals surface area (Å²) >= 11 is 0. The molecule has 0 aliphatic carbocycles. The summed E-state index contributed by atoms with van der Waals surface area (Å²) < 4.78 is 0. The lowest BCUT2D eigenvalue weighted by molar-refractivity contribution is 0.303. The summed E-state index contributed by atoms with van der Waals surface area (Å²) in [6.45, 7) is 0.164. The summed E-state index contributed by atoms with van der Waals surface area (Å²) in [6.07, 6.45) is 4.94. The van der Waals surface area contributed by atoms with Gasteiger partial charge in [-0.25, -0.2) is 0 Å². The Balaban J connectivity index is 2.79. The van der Waals surface area contributed by atoms with E-state index in [2.05, 4.69) is 6.07 Å². The van der Waals surface area contributed by atoms with Crippen molar-refractivity contribution in [2.75, 3.05) is 6.61 Å². The molecule has 0 unspecified atom stereocenters. The molecule has 1 aromatic rings. The fourth-order valence-electron chi connectivity index (χ4n) is 1.23. The average molecular weight is 187 g/mol. The molecule has 1 rings (SSSR count). The van der Waals surface area contributed by atoms with Crippen LogP contribution in [0.15, 0.2) is 30.3 Å². The molecule has 1 aromatic carbocycles. The molecule has 0 spiro atoms. The molecule has 14 heavy (non-hydrogen) atoms. The largest absolute Gasteiger partial charge is 0.396 e. The Bertz CT molecular complexity index is 350. The number of aliphatic hydroxyl groups is 1. The molecule has 0 aliphatic heterocycles. The van der Waals surface area contributed by atoms with Crippen molar-refractivity contribution < 1.29 is 5.11 Å². The average Bonchev–Trinajstić information content (AvgIpc) is 2.21. The lowest BCUT2D eigenvalue weighted by Gasteiger charge is -2.00. The number of hydrogen-bond acceptors (Lipinski definition) is 2. The van der Waals surface area contributed by atoms with Crippen molar-refractivity contribution in [3.63, 3.8) is 0 Å². The predicted molar refractivity (Wildman–Crippen MR) is 56.5 cm³/mol. The number of nitriles is 1. The van der Waals surface area contributed by atoms with Crippen molar-refractivity contribution in [3.8, 4) is 6.07 Å². The van der Waals surface area contributed by atoms with E-state index < -0.39 is 0 Å². The van der Waals surface area contributed by atoms with Gasteiger partial charge in [0, 0.05) is 6.61 Å². The first-order valence-corrected chi connectivity index (χ1v) is 4.60. The molecular formula is C12H13NO. The Morgan fingerprint density at radius 3 is 2.86 bits per heavy atom. The van der Waals surface area contributed by atoms with Gasteiger partial charge in [0.2, 0.25) is 0 Å². The Hall–Kier alpha value is -1.59. The van der Waals surface area contributed by atoms with Crippen LogP contribution >= 0.6 is 0 Å². The van der Waals surface area contributed by atoms with Crippen LogP contribution in [0.5, 0.6) is 0 Å². The first-order valence-electron chi connectivity index (χ1n) is 4.60. The first kappa shape index (κ1) is 10.5. The highest BCUT2D eigenvalue weighted by Crippen LogP contribution is 2.11. The third-order valence-electron chi connectivity index (χ3n) is 1.92. The number of nitrogens with zero attached hydrogens (tertiary/aromatic N) is 1. The van der Waals surface area contributed by atoms with Crippen molar-refractivity contribution in [1.82, 2.24) is 0 Å². The molecule has 0 aliphatic rings. The second-order valence-electron chi connectivity index (χ2n) is 2.95. The van der Waals surface area contributed by atoms with E-state index in [1.54, 1.807) is 0 Å². The van der Waals surface area contributed by atoms with E-state index in [-0.39, 0.29) is 6.61 Å². The fourth-order valence-corrected chi connectivity index (χ4v) is 1.23. The monoisotopic (exact) mass is 187 g/mol. The lowest BCUT2D eigenvalue weighted by atomic mass is 10.0. The molecule has 0 radical (unpaired) electrons. The van der Waals surface area contributed by atoms with Crippen LogP contribution in [-0.4, -0.2) is 11.7 Å². The van der Waals surface area contributed by atoms with Gasteiger partial charge in [-0.3, -0.25) is 0 Å². The molecule has 2 nitrogen and oxygen atoms in total. The van der Waals surface area contributed by atoms with Crippen molar-refractivity contribution >= 4 is 6.08 Å². The van der Waals surface area contributed by atoms with Crippen LogP contribution in [-0.2, 0) is 6.42 Å². The first-order chi connectivity index (χ1) is 6.88. The van der Waals surface area contributed by atoms with Crippen molar-refractivity contribution in [1.29, 1.82) is 5.26 Å². The highest BCUT2D eigenvalue weighted by atomic mass is 16.2. The molecule has 0 fully saturated rings. The van der Waals surface area contributed by atoms with E-state index in [1.165, 1.54) is 0 Å². The second kappa shape index (κ2) is 5.95. The number of benzene rings is 1. The van der Waals surface area contributed by atoms with Crippen LogP contribution in [0.1, 0.15) is 17.5 Å². The van der Waals surface area contributed by atoms with Gasteiger partial charge in [-0.2, -0.15) is 5.26 Å². The van der Waals surface area contributed by atoms with Gasteiger partial charge >= 0.3 is 0 Å². The van der Waals surface area contributed by atoms with Gasteiger partial charge in [0.25, 0.3) is 0 Å². The van der Waals surface area contributed by atoms with Crippen molar-refractivity contribution in [3.05, 3.63) is 41.5 Å². The standard InChI is InChI=1S/C12H13NO/c13-9-8-12-6-2-1-5-11(12)7-3-4-10-14/h1-3,5-7,14H,4,8,10H2. The third-order valence-corrected chi connectivity index (χ3v) is 1.92.